The van der Waals surface area contributed by atoms with Crippen molar-refractivity contribution in [3.8, 4) is 11.6 Å². The van der Waals surface area contributed by atoms with Crippen LogP contribution in [-0.4, -0.2) is 37.9 Å². The number of hydrogen-bond donors (Lipinski definition) is 1. The Morgan fingerprint density at radius 3 is 2.96 bits per heavy atom. The van der Waals surface area contributed by atoms with E-state index in [0.717, 1.165) is 15.2 Å². The average molecular weight is 357 g/mol. The highest BCUT2D eigenvalue weighted by Crippen LogP contribution is 2.32. The molecule has 0 saturated carbocycles. The molecule has 0 aliphatic carbocycles. The fourth-order valence-electron chi connectivity index (χ4n) is 2.21. The lowest BCUT2D eigenvalue weighted by atomic mass is 10.3. The van der Waals surface area contributed by atoms with Crippen molar-refractivity contribution in [1.82, 2.24) is 9.97 Å². The fraction of sp³-hybridized carbons (Fsp3) is 0.125. The van der Waals surface area contributed by atoms with Gasteiger partial charge in [0.15, 0.2) is 6.04 Å². The summed E-state index contributed by atoms with van der Waals surface area (Å²) in [6.45, 7) is 0. The van der Waals surface area contributed by atoms with Crippen molar-refractivity contribution < 1.29 is 14.6 Å². The molecular formula is C16H11N3O3S2. The van der Waals surface area contributed by atoms with Crippen LogP contribution >= 0.6 is 23.1 Å². The van der Waals surface area contributed by atoms with E-state index >= 15 is 0 Å². The van der Waals surface area contributed by atoms with Crippen molar-refractivity contribution in [1.29, 1.82) is 0 Å². The van der Waals surface area contributed by atoms with Crippen LogP contribution in [0.3, 0.4) is 0 Å². The highest BCUT2D eigenvalue weighted by atomic mass is 32.2. The Kier molecular flexibility index (Phi) is 3.91. The zero-order valence-electron chi connectivity index (χ0n) is 12.2. The highest BCUT2D eigenvalue weighted by Gasteiger charge is 2.26. The zero-order chi connectivity index (χ0) is 16.5. The van der Waals surface area contributed by atoms with Crippen molar-refractivity contribution >= 4 is 44.3 Å². The van der Waals surface area contributed by atoms with E-state index in [4.69, 9.17) is 9.84 Å². The van der Waals surface area contributed by atoms with Crippen LogP contribution < -0.4 is 4.74 Å². The predicted octanol–water partition coefficient (Wildman–Crippen LogP) is 3.43. The van der Waals surface area contributed by atoms with Gasteiger partial charge in [-0.15, -0.1) is 23.1 Å². The number of benzene rings is 1. The monoisotopic (exact) mass is 357 g/mol. The van der Waals surface area contributed by atoms with Crippen LogP contribution in [-0.2, 0) is 4.79 Å². The second-order valence-electron chi connectivity index (χ2n) is 5.02. The Labute approximate surface area is 145 Å². The topological polar surface area (TPSA) is 84.7 Å². The van der Waals surface area contributed by atoms with Crippen LogP contribution in [0.15, 0.2) is 47.6 Å². The molecule has 8 heteroatoms. The summed E-state index contributed by atoms with van der Waals surface area (Å²) in [7, 11) is 0. The molecule has 0 fully saturated rings. The Balaban J connectivity index is 1.62. The van der Waals surface area contributed by atoms with Gasteiger partial charge in [0.25, 0.3) is 0 Å². The summed E-state index contributed by atoms with van der Waals surface area (Å²) < 4.78 is 6.68. The first-order valence-corrected chi connectivity index (χ1v) is 8.92. The SMILES string of the molecule is O=C(O)C1CSC(c2nc3ccc(Oc4ccccn4)cc3s2)=N1. The Bertz CT molecular complexity index is 940. The van der Waals surface area contributed by atoms with E-state index in [2.05, 4.69) is 15.0 Å². The molecule has 4 rings (SSSR count). The van der Waals surface area contributed by atoms with Gasteiger partial charge in [0.1, 0.15) is 15.8 Å². The van der Waals surface area contributed by atoms with Gasteiger partial charge in [0.05, 0.1) is 10.2 Å². The molecule has 0 bridgehead atoms. The molecule has 1 atom stereocenters. The minimum atomic E-state index is -0.898. The van der Waals surface area contributed by atoms with E-state index in [9.17, 15) is 4.79 Å². The molecule has 1 aliphatic rings. The number of nitrogens with zero attached hydrogens (tertiary/aromatic N) is 3. The van der Waals surface area contributed by atoms with Gasteiger partial charge in [-0.25, -0.2) is 14.8 Å². The second kappa shape index (κ2) is 6.21. The standard InChI is InChI=1S/C16H11N3O3S2/c20-16(21)11-8-23-14(19-11)15-18-10-5-4-9(7-12(10)24-15)22-13-3-1-2-6-17-13/h1-7,11H,8H2,(H,20,21). The van der Waals surface area contributed by atoms with Gasteiger partial charge in [0, 0.05) is 24.1 Å². The largest absolute Gasteiger partial charge is 0.480 e. The van der Waals surface area contributed by atoms with E-state index in [-0.39, 0.29) is 0 Å². The summed E-state index contributed by atoms with van der Waals surface area (Å²) >= 11 is 2.91. The number of hydrogen-bond acceptors (Lipinski definition) is 7. The molecule has 1 aromatic carbocycles. The number of rotatable bonds is 4. The second-order valence-corrected chi connectivity index (χ2v) is 7.06. The fourth-order valence-corrected chi connectivity index (χ4v) is 4.30. The lowest BCUT2D eigenvalue weighted by Crippen LogP contribution is -2.17. The van der Waals surface area contributed by atoms with Gasteiger partial charge >= 0.3 is 5.97 Å². The Morgan fingerprint density at radius 1 is 1.29 bits per heavy atom. The van der Waals surface area contributed by atoms with Crippen LogP contribution in [0.25, 0.3) is 10.2 Å². The summed E-state index contributed by atoms with van der Waals surface area (Å²) in [5.41, 5.74) is 0.838. The van der Waals surface area contributed by atoms with E-state index in [1.54, 1.807) is 12.3 Å². The smallest absolute Gasteiger partial charge is 0.329 e. The molecule has 3 heterocycles. The van der Waals surface area contributed by atoms with E-state index in [1.165, 1.54) is 23.1 Å². The third-order valence-electron chi connectivity index (χ3n) is 3.34. The van der Waals surface area contributed by atoms with Crippen molar-refractivity contribution in [3.05, 3.63) is 47.6 Å². The molecule has 1 aliphatic heterocycles. The lowest BCUT2D eigenvalue weighted by Gasteiger charge is -2.03. The maximum Gasteiger partial charge on any atom is 0.329 e. The van der Waals surface area contributed by atoms with Crippen LogP contribution in [0.2, 0.25) is 0 Å². The molecule has 0 saturated heterocycles. The maximum absolute atomic E-state index is 11.0. The molecule has 1 N–H and O–H groups in total. The van der Waals surface area contributed by atoms with Gasteiger partial charge < -0.3 is 9.84 Å². The number of aliphatic imine (C=N–C) groups is 1. The predicted molar refractivity (Wildman–Crippen MR) is 94.3 cm³/mol. The Morgan fingerprint density at radius 2 is 2.21 bits per heavy atom. The Hall–Kier alpha value is -2.45. The summed E-state index contributed by atoms with van der Waals surface area (Å²) in [4.78, 5) is 23.9. The minimum Gasteiger partial charge on any atom is -0.480 e. The van der Waals surface area contributed by atoms with E-state index in [1.807, 2.05) is 30.3 Å². The van der Waals surface area contributed by atoms with Crippen LogP contribution in [0, 0.1) is 0 Å². The molecular weight excluding hydrogens is 346 g/mol. The van der Waals surface area contributed by atoms with Gasteiger partial charge in [-0.3, -0.25) is 4.99 Å². The molecule has 24 heavy (non-hydrogen) atoms. The van der Waals surface area contributed by atoms with Crippen LogP contribution in [0.4, 0.5) is 0 Å². The summed E-state index contributed by atoms with van der Waals surface area (Å²) in [6.07, 6.45) is 1.67. The number of carbonyl (C=O) groups is 1. The van der Waals surface area contributed by atoms with Crippen LogP contribution in [0.5, 0.6) is 11.6 Å². The molecule has 3 aromatic rings. The number of aromatic nitrogens is 2. The molecule has 120 valence electrons. The lowest BCUT2D eigenvalue weighted by molar-refractivity contribution is -0.137. The third-order valence-corrected chi connectivity index (χ3v) is 5.55. The summed E-state index contributed by atoms with van der Waals surface area (Å²) in [5.74, 6) is 0.765. The van der Waals surface area contributed by atoms with Gasteiger partial charge in [-0.05, 0) is 18.2 Å². The number of fused-ring (bicyclic) bond motifs is 1. The molecule has 0 amide bonds. The number of ether oxygens (including phenoxy) is 1. The number of carboxylic acid groups (broad SMARTS) is 1. The van der Waals surface area contributed by atoms with Gasteiger partial charge in [-0.1, -0.05) is 6.07 Å². The number of pyridine rings is 1. The summed E-state index contributed by atoms with van der Waals surface area (Å²) in [5, 5.41) is 10.5. The number of thioether (sulfide) groups is 1. The third kappa shape index (κ3) is 2.98. The minimum absolute atomic E-state index is 0.453. The average Bonchev–Trinajstić information content (AvgIpc) is 3.22. The molecule has 6 nitrogen and oxygen atoms in total. The molecule has 1 unspecified atom stereocenters. The first-order valence-electron chi connectivity index (χ1n) is 7.12. The molecule has 0 spiro atoms. The van der Waals surface area contributed by atoms with Gasteiger partial charge in [0.2, 0.25) is 5.88 Å². The van der Waals surface area contributed by atoms with E-state index < -0.39 is 12.0 Å². The van der Waals surface area contributed by atoms with Crippen molar-refractivity contribution in [3.63, 3.8) is 0 Å². The van der Waals surface area contributed by atoms with Crippen molar-refractivity contribution in [2.75, 3.05) is 5.75 Å². The summed E-state index contributed by atoms with van der Waals surface area (Å²) in [6, 6.07) is 10.4. The zero-order valence-corrected chi connectivity index (χ0v) is 13.9. The first-order chi connectivity index (χ1) is 11.7. The van der Waals surface area contributed by atoms with Crippen molar-refractivity contribution in [2.24, 2.45) is 4.99 Å². The molecule has 0 radical (unpaired) electrons. The quantitative estimate of drug-likeness (QED) is 0.770. The number of aliphatic carboxylic acids is 1. The number of thiazole rings is 1. The first kappa shape index (κ1) is 15.1. The van der Waals surface area contributed by atoms with E-state index in [0.29, 0.717) is 22.4 Å². The van der Waals surface area contributed by atoms with Gasteiger partial charge in [-0.2, -0.15) is 0 Å². The maximum atomic E-state index is 11.0. The van der Waals surface area contributed by atoms with Crippen molar-refractivity contribution in [2.45, 2.75) is 6.04 Å². The molecule has 2 aromatic heterocycles. The van der Waals surface area contributed by atoms with Crippen LogP contribution in [0.1, 0.15) is 5.01 Å². The highest BCUT2D eigenvalue weighted by molar-refractivity contribution is 8.15. The normalized spacial score (nSPS) is 17.0. The number of carboxylic acids is 1.